The largest absolute Gasteiger partial charge is 0.468 e. The van der Waals surface area contributed by atoms with Crippen molar-refractivity contribution in [1.82, 2.24) is 15.1 Å². The van der Waals surface area contributed by atoms with Crippen molar-refractivity contribution in [2.75, 3.05) is 31.3 Å². The van der Waals surface area contributed by atoms with Crippen LogP contribution >= 0.6 is 34.7 Å². The number of halogens is 1. The first-order valence-electron chi connectivity index (χ1n) is 8.85. The minimum absolute atomic E-state index is 0.0514. The van der Waals surface area contributed by atoms with Crippen LogP contribution in [-0.4, -0.2) is 52.9 Å². The van der Waals surface area contributed by atoms with Crippen LogP contribution in [0.15, 0.2) is 28.6 Å². The van der Waals surface area contributed by atoms with E-state index in [2.05, 4.69) is 25.2 Å². The number of piperidine rings is 1. The van der Waals surface area contributed by atoms with Crippen molar-refractivity contribution in [3.8, 4) is 0 Å². The molecule has 2 heterocycles. The molecule has 1 N–H and O–H groups in total. The van der Waals surface area contributed by atoms with Crippen molar-refractivity contribution < 1.29 is 14.3 Å². The Morgan fingerprint density at radius 2 is 2.21 bits per heavy atom. The average Bonchev–Trinajstić information content (AvgIpc) is 3.15. The van der Waals surface area contributed by atoms with Gasteiger partial charge in [0, 0.05) is 18.1 Å². The molecule has 0 radical (unpaired) electrons. The van der Waals surface area contributed by atoms with Crippen molar-refractivity contribution in [2.45, 2.75) is 23.7 Å². The highest BCUT2D eigenvalue weighted by Gasteiger charge is 2.27. The summed E-state index contributed by atoms with van der Waals surface area (Å²) in [5, 5.41) is 12.0. The zero-order valence-electron chi connectivity index (χ0n) is 15.4. The lowest BCUT2D eigenvalue weighted by molar-refractivity contribution is -0.137. The maximum Gasteiger partial charge on any atom is 0.316 e. The molecule has 1 amide bonds. The summed E-state index contributed by atoms with van der Waals surface area (Å²) >= 11 is 8.75. The first-order valence-corrected chi connectivity index (χ1v) is 11.0. The van der Waals surface area contributed by atoms with Crippen LogP contribution in [0.5, 0.6) is 0 Å². The Hall–Kier alpha value is -1.68. The monoisotopic (exact) mass is 440 g/mol. The minimum atomic E-state index is -0.327. The highest BCUT2D eigenvalue weighted by atomic mass is 35.5. The van der Waals surface area contributed by atoms with Crippen molar-refractivity contribution in [2.24, 2.45) is 5.92 Å². The second kappa shape index (κ2) is 10.2. The summed E-state index contributed by atoms with van der Waals surface area (Å²) in [5.41, 5.74) is 1.07. The first kappa shape index (κ1) is 21.0. The van der Waals surface area contributed by atoms with Crippen LogP contribution in [0.4, 0.5) is 5.13 Å². The highest BCUT2D eigenvalue weighted by molar-refractivity contribution is 8.01. The van der Waals surface area contributed by atoms with Gasteiger partial charge in [-0.1, -0.05) is 52.9 Å². The molecule has 1 aliphatic heterocycles. The summed E-state index contributed by atoms with van der Waals surface area (Å²) in [7, 11) is 1.34. The third-order valence-electron chi connectivity index (χ3n) is 4.41. The van der Waals surface area contributed by atoms with Crippen LogP contribution < -0.4 is 5.32 Å². The van der Waals surface area contributed by atoms with Crippen LogP contribution in [0.1, 0.15) is 18.4 Å². The summed E-state index contributed by atoms with van der Waals surface area (Å²) in [6, 6.07) is 7.79. The lowest BCUT2D eigenvalue weighted by Crippen LogP contribution is -2.40. The molecule has 7 nitrogen and oxygen atoms in total. The number of benzene rings is 1. The van der Waals surface area contributed by atoms with Crippen molar-refractivity contribution >= 4 is 51.7 Å². The number of carbonyl (C=O) groups excluding carboxylic acids is 2. The molecule has 10 heteroatoms. The number of thioether (sulfide) groups is 1. The van der Waals surface area contributed by atoms with E-state index in [0.717, 1.165) is 36.5 Å². The quantitative estimate of drug-likeness (QED) is 0.401. The standard InChI is InChI=1S/C18H21ClN4O3S2/c1-26-15(24)11-27-18-22-21-17(28-18)20-16(25)13-6-4-8-23(10-13)9-12-5-2-3-7-14(12)19/h2-3,5,7,13H,4,6,8-11H2,1H3,(H,20,21,25)/t13-/m0/s1. The molecule has 28 heavy (non-hydrogen) atoms. The summed E-state index contributed by atoms with van der Waals surface area (Å²) in [4.78, 5) is 26.1. The van der Waals surface area contributed by atoms with Crippen LogP contribution in [0, 0.1) is 5.92 Å². The van der Waals surface area contributed by atoms with E-state index in [4.69, 9.17) is 11.6 Å². The molecule has 0 aliphatic carbocycles. The molecular weight excluding hydrogens is 420 g/mol. The number of amides is 1. The van der Waals surface area contributed by atoms with E-state index in [-0.39, 0.29) is 23.5 Å². The van der Waals surface area contributed by atoms with E-state index < -0.39 is 0 Å². The zero-order valence-corrected chi connectivity index (χ0v) is 17.8. The SMILES string of the molecule is COC(=O)CSc1nnc(NC(=O)[C@H]2CCCN(Cc3ccccc3Cl)C2)s1. The molecule has 150 valence electrons. The van der Waals surface area contributed by atoms with E-state index in [1.165, 1.54) is 30.2 Å². The fraction of sp³-hybridized carbons (Fsp3) is 0.444. The third kappa shape index (κ3) is 5.91. The van der Waals surface area contributed by atoms with Gasteiger partial charge in [-0.3, -0.25) is 14.5 Å². The lowest BCUT2D eigenvalue weighted by atomic mass is 9.97. The van der Waals surface area contributed by atoms with Crippen molar-refractivity contribution in [1.29, 1.82) is 0 Å². The number of anilines is 1. The molecule has 1 aliphatic rings. The van der Waals surface area contributed by atoms with Gasteiger partial charge >= 0.3 is 5.97 Å². The van der Waals surface area contributed by atoms with Crippen molar-refractivity contribution in [3.63, 3.8) is 0 Å². The molecule has 3 rings (SSSR count). The van der Waals surface area contributed by atoms with Crippen LogP contribution in [-0.2, 0) is 20.9 Å². The summed E-state index contributed by atoms with van der Waals surface area (Å²) in [6.07, 6.45) is 1.80. The van der Waals surface area contributed by atoms with Gasteiger partial charge < -0.3 is 10.1 Å². The Morgan fingerprint density at radius 3 is 3.00 bits per heavy atom. The second-order valence-electron chi connectivity index (χ2n) is 6.39. The van der Waals surface area contributed by atoms with Gasteiger partial charge in [0.25, 0.3) is 0 Å². The molecule has 1 atom stereocenters. The molecule has 0 spiro atoms. The summed E-state index contributed by atoms with van der Waals surface area (Å²) in [6.45, 7) is 2.36. The molecule has 0 unspecified atom stereocenters. The van der Waals surface area contributed by atoms with E-state index in [0.29, 0.717) is 16.0 Å². The number of ether oxygens (including phenoxy) is 1. The van der Waals surface area contributed by atoms with Gasteiger partial charge in [-0.15, -0.1) is 10.2 Å². The van der Waals surface area contributed by atoms with Gasteiger partial charge in [-0.25, -0.2) is 0 Å². The maximum absolute atomic E-state index is 12.6. The summed E-state index contributed by atoms with van der Waals surface area (Å²) in [5.74, 6) is -0.318. The smallest absolute Gasteiger partial charge is 0.316 e. The van der Waals surface area contributed by atoms with E-state index >= 15 is 0 Å². The minimum Gasteiger partial charge on any atom is -0.468 e. The Morgan fingerprint density at radius 1 is 1.39 bits per heavy atom. The van der Waals surface area contributed by atoms with E-state index in [9.17, 15) is 9.59 Å². The fourth-order valence-electron chi connectivity index (χ4n) is 2.99. The topological polar surface area (TPSA) is 84.4 Å². The predicted molar refractivity (Wildman–Crippen MR) is 111 cm³/mol. The number of hydrogen-bond donors (Lipinski definition) is 1. The fourth-order valence-corrected chi connectivity index (χ4v) is 4.77. The van der Waals surface area contributed by atoms with Gasteiger partial charge in [-0.05, 0) is 31.0 Å². The number of esters is 1. The molecule has 1 aromatic carbocycles. The second-order valence-corrected chi connectivity index (χ2v) is 9.00. The summed E-state index contributed by atoms with van der Waals surface area (Å²) < 4.78 is 5.21. The van der Waals surface area contributed by atoms with E-state index in [1.54, 1.807) is 0 Å². The Kier molecular flexibility index (Phi) is 7.66. The number of likely N-dealkylation sites (tertiary alicyclic amines) is 1. The first-order chi connectivity index (χ1) is 13.5. The lowest BCUT2D eigenvalue weighted by Gasteiger charge is -2.32. The third-order valence-corrected chi connectivity index (χ3v) is 6.72. The number of nitrogens with one attached hydrogen (secondary N) is 1. The van der Waals surface area contributed by atoms with E-state index in [1.807, 2.05) is 24.3 Å². The van der Waals surface area contributed by atoms with Gasteiger partial charge in [0.15, 0.2) is 4.34 Å². The number of carbonyl (C=O) groups is 2. The average molecular weight is 441 g/mol. The van der Waals surface area contributed by atoms with Crippen LogP contribution in [0.2, 0.25) is 5.02 Å². The number of aromatic nitrogens is 2. The van der Waals surface area contributed by atoms with Gasteiger partial charge in [0.1, 0.15) is 0 Å². The molecule has 1 aromatic heterocycles. The molecule has 0 bridgehead atoms. The Bertz CT molecular complexity index is 833. The molecular formula is C18H21ClN4O3S2. The molecule has 1 saturated heterocycles. The molecule has 1 fully saturated rings. The molecule has 2 aromatic rings. The van der Waals surface area contributed by atoms with Gasteiger partial charge in [-0.2, -0.15) is 0 Å². The van der Waals surface area contributed by atoms with Crippen LogP contribution in [0.25, 0.3) is 0 Å². The maximum atomic E-state index is 12.6. The van der Waals surface area contributed by atoms with Crippen molar-refractivity contribution in [3.05, 3.63) is 34.9 Å². The zero-order chi connectivity index (χ0) is 19.9. The predicted octanol–water partition coefficient (Wildman–Crippen LogP) is 3.31. The van der Waals surface area contributed by atoms with Gasteiger partial charge in [0.05, 0.1) is 18.8 Å². The number of nitrogens with zero attached hydrogens (tertiary/aromatic N) is 3. The molecule has 0 saturated carbocycles. The number of methoxy groups -OCH3 is 1. The number of hydrogen-bond acceptors (Lipinski definition) is 8. The highest BCUT2D eigenvalue weighted by Crippen LogP contribution is 2.27. The normalized spacial score (nSPS) is 17.3. The number of rotatable bonds is 7. The van der Waals surface area contributed by atoms with Gasteiger partial charge in [0.2, 0.25) is 11.0 Å². The van der Waals surface area contributed by atoms with Crippen LogP contribution in [0.3, 0.4) is 0 Å². The Balaban J connectivity index is 1.52. The Labute approximate surface area is 176 Å².